The summed E-state index contributed by atoms with van der Waals surface area (Å²) in [7, 11) is 0. The number of aromatic nitrogens is 1. The van der Waals surface area contributed by atoms with Crippen LogP contribution in [0.4, 0.5) is 0 Å². The number of rotatable bonds is 8. The summed E-state index contributed by atoms with van der Waals surface area (Å²) in [6, 6.07) is 0. The van der Waals surface area contributed by atoms with Gasteiger partial charge in [0.1, 0.15) is 6.10 Å². The minimum atomic E-state index is -1.19. The van der Waals surface area contributed by atoms with Crippen molar-refractivity contribution in [3.8, 4) is 0 Å². The molecule has 0 aromatic carbocycles. The van der Waals surface area contributed by atoms with E-state index in [9.17, 15) is 20.1 Å². The molecule has 0 radical (unpaired) electrons. The van der Waals surface area contributed by atoms with E-state index in [0.29, 0.717) is 19.4 Å². The number of carboxylic acids is 1. The summed E-state index contributed by atoms with van der Waals surface area (Å²) in [4.78, 5) is 14.7. The van der Waals surface area contributed by atoms with E-state index in [2.05, 4.69) is 4.98 Å². The average molecular weight is 411 g/mol. The number of carbonyl (C=O) groups is 1. The van der Waals surface area contributed by atoms with Crippen LogP contribution in [-0.4, -0.2) is 74.6 Å². The number of aliphatic hydroxyl groups excluding tert-OH is 3. The molecular weight excluding hydrogens is 382 g/mol. The first-order chi connectivity index (χ1) is 13.7. The Hall–Kier alpha value is -1.78. The maximum atomic E-state index is 10.8. The fourth-order valence-corrected chi connectivity index (χ4v) is 3.75. The number of oxazole rings is 1. The summed E-state index contributed by atoms with van der Waals surface area (Å²) in [6.45, 7) is 5.75. The van der Waals surface area contributed by atoms with Crippen LogP contribution < -0.4 is 0 Å². The topological polar surface area (TPSA) is 146 Å². The largest absolute Gasteiger partial charge is 0.475 e. The van der Waals surface area contributed by atoms with Crippen LogP contribution in [-0.2, 0) is 9.47 Å². The highest BCUT2D eigenvalue weighted by Crippen LogP contribution is 2.38. The maximum Gasteiger partial charge on any atom is 0.373 e. The van der Waals surface area contributed by atoms with Crippen LogP contribution in [0.5, 0.6) is 0 Å². The molecule has 0 unspecified atom stereocenters. The van der Waals surface area contributed by atoms with Crippen molar-refractivity contribution in [2.75, 3.05) is 6.61 Å². The summed E-state index contributed by atoms with van der Waals surface area (Å²) in [5.41, 5.74) is 0.773. The van der Waals surface area contributed by atoms with Crippen LogP contribution >= 0.6 is 0 Å². The van der Waals surface area contributed by atoms with Crippen LogP contribution in [0.15, 0.2) is 16.2 Å². The number of epoxide rings is 1. The average Bonchev–Trinajstić information content (AvgIpc) is 3.26. The second kappa shape index (κ2) is 8.93. The van der Waals surface area contributed by atoms with E-state index in [1.807, 2.05) is 6.92 Å². The second-order valence-electron chi connectivity index (χ2n) is 8.15. The summed E-state index contributed by atoms with van der Waals surface area (Å²) >= 11 is 0. The molecule has 2 saturated heterocycles. The van der Waals surface area contributed by atoms with E-state index in [-0.39, 0.29) is 35.7 Å². The van der Waals surface area contributed by atoms with Gasteiger partial charge in [0.05, 0.1) is 43.3 Å². The van der Waals surface area contributed by atoms with Gasteiger partial charge in [-0.15, -0.1) is 0 Å². The molecular formula is C20H29NO8. The molecule has 2 aliphatic heterocycles. The van der Waals surface area contributed by atoms with Crippen molar-refractivity contribution in [2.24, 2.45) is 11.8 Å². The Morgan fingerprint density at radius 2 is 2.03 bits per heavy atom. The smallest absolute Gasteiger partial charge is 0.373 e. The SMILES string of the molecule is C/C(=C\c1ncc(C(=O)O)o1)C[C@@H]1OC[C@H](C[C@@H]2O[C@H]2[C@@H](C)[C@H](C)O)[C@@H](O)[C@H]1O. The number of aliphatic hydroxyl groups is 3. The summed E-state index contributed by atoms with van der Waals surface area (Å²) < 4.78 is 16.5. The Labute approximate surface area is 169 Å². The molecule has 2 fully saturated rings. The Morgan fingerprint density at radius 3 is 2.66 bits per heavy atom. The highest BCUT2D eigenvalue weighted by molar-refractivity contribution is 5.84. The molecule has 1 aromatic rings. The van der Waals surface area contributed by atoms with E-state index in [0.717, 1.165) is 11.8 Å². The Morgan fingerprint density at radius 1 is 1.31 bits per heavy atom. The lowest BCUT2D eigenvalue weighted by Crippen LogP contribution is -2.50. The minimum absolute atomic E-state index is 0.0176. The Balaban J connectivity index is 1.52. The lowest BCUT2D eigenvalue weighted by molar-refractivity contribution is -0.165. The monoisotopic (exact) mass is 411 g/mol. The van der Waals surface area contributed by atoms with E-state index in [1.54, 1.807) is 19.9 Å². The lowest BCUT2D eigenvalue weighted by atomic mass is 9.85. The normalized spacial score (nSPS) is 34.6. The third-order valence-corrected chi connectivity index (χ3v) is 5.80. The predicted molar refractivity (Wildman–Crippen MR) is 101 cm³/mol. The standard InChI is InChI=1S/C20H29NO8/c1-9(5-16-21-7-15(28-16)20(25)26)4-13-18(24)17(23)12(8-27-13)6-14-19(29-14)10(2)11(3)22/h5,7,10-14,17-19,22-24H,4,6,8H2,1-3H3,(H,25,26)/b9-5+/t10-,11-,12-,13-,14-,17+,18-,19-/m0/s1. The van der Waals surface area contributed by atoms with Gasteiger partial charge in [0, 0.05) is 11.8 Å². The fourth-order valence-electron chi connectivity index (χ4n) is 3.75. The molecule has 0 bridgehead atoms. The van der Waals surface area contributed by atoms with Crippen LogP contribution in [0.25, 0.3) is 6.08 Å². The van der Waals surface area contributed by atoms with Crippen molar-refractivity contribution >= 4 is 12.0 Å². The highest BCUT2D eigenvalue weighted by atomic mass is 16.6. The zero-order chi connectivity index (χ0) is 21.3. The molecule has 0 aliphatic carbocycles. The molecule has 4 N–H and O–H groups in total. The van der Waals surface area contributed by atoms with Crippen molar-refractivity contribution in [1.29, 1.82) is 0 Å². The molecule has 0 saturated carbocycles. The third-order valence-electron chi connectivity index (χ3n) is 5.80. The lowest BCUT2D eigenvalue weighted by Gasteiger charge is -2.38. The van der Waals surface area contributed by atoms with Gasteiger partial charge in [0.2, 0.25) is 11.7 Å². The van der Waals surface area contributed by atoms with Crippen molar-refractivity contribution in [2.45, 2.75) is 70.2 Å². The first-order valence-corrected chi connectivity index (χ1v) is 9.85. The molecule has 3 heterocycles. The summed E-state index contributed by atoms with van der Waals surface area (Å²) in [5, 5.41) is 39.6. The van der Waals surface area contributed by atoms with E-state index in [4.69, 9.17) is 19.0 Å². The number of hydrogen-bond acceptors (Lipinski definition) is 8. The Bertz CT molecular complexity index is 745. The minimum Gasteiger partial charge on any atom is -0.475 e. The summed E-state index contributed by atoms with van der Waals surface area (Å²) in [6.07, 6.45) is 0.523. The number of ether oxygens (including phenoxy) is 2. The second-order valence-corrected chi connectivity index (χ2v) is 8.15. The van der Waals surface area contributed by atoms with E-state index < -0.39 is 30.4 Å². The molecule has 29 heavy (non-hydrogen) atoms. The van der Waals surface area contributed by atoms with E-state index in [1.165, 1.54) is 0 Å². The van der Waals surface area contributed by atoms with Gasteiger partial charge in [0.15, 0.2) is 0 Å². The number of hydrogen-bond donors (Lipinski definition) is 4. The molecule has 162 valence electrons. The van der Waals surface area contributed by atoms with Gasteiger partial charge < -0.3 is 34.3 Å². The fraction of sp³-hybridized carbons (Fsp3) is 0.700. The molecule has 3 rings (SSSR count). The van der Waals surface area contributed by atoms with Gasteiger partial charge in [-0.05, 0) is 32.8 Å². The molecule has 0 spiro atoms. The molecule has 0 amide bonds. The van der Waals surface area contributed by atoms with Crippen molar-refractivity contribution < 1.29 is 39.1 Å². The van der Waals surface area contributed by atoms with Crippen LogP contribution in [0.2, 0.25) is 0 Å². The zero-order valence-electron chi connectivity index (χ0n) is 16.8. The van der Waals surface area contributed by atoms with Gasteiger partial charge >= 0.3 is 5.97 Å². The van der Waals surface area contributed by atoms with Gasteiger partial charge in [-0.25, -0.2) is 9.78 Å². The molecule has 1 aromatic heterocycles. The van der Waals surface area contributed by atoms with Gasteiger partial charge in [0.25, 0.3) is 0 Å². The number of nitrogens with zero attached hydrogens (tertiary/aromatic N) is 1. The molecule has 2 aliphatic rings. The van der Waals surface area contributed by atoms with Gasteiger partial charge in [-0.1, -0.05) is 12.5 Å². The van der Waals surface area contributed by atoms with Gasteiger partial charge in [-0.2, -0.15) is 0 Å². The Kier molecular flexibility index (Phi) is 6.75. The van der Waals surface area contributed by atoms with Gasteiger partial charge in [-0.3, -0.25) is 0 Å². The van der Waals surface area contributed by atoms with Crippen molar-refractivity contribution in [1.82, 2.24) is 4.98 Å². The summed E-state index contributed by atoms with van der Waals surface area (Å²) in [5.74, 6) is -1.51. The van der Waals surface area contributed by atoms with Crippen molar-refractivity contribution in [3.63, 3.8) is 0 Å². The van der Waals surface area contributed by atoms with Crippen molar-refractivity contribution in [3.05, 3.63) is 23.4 Å². The maximum absolute atomic E-state index is 10.8. The molecule has 9 nitrogen and oxygen atoms in total. The van der Waals surface area contributed by atoms with Crippen LogP contribution in [0, 0.1) is 11.8 Å². The van der Waals surface area contributed by atoms with E-state index >= 15 is 0 Å². The zero-order valence-corrected chi connectivity index (χ0v) is 16.8. The first-order valence-electron chi connectivity index (χ1n) is 9.85. The molecule has 9 heteroatoms. The highest BCUT2D eigenvalue weighted by Gasteiger charge is 2.48. The quantitative estimate of drug-likeness (QED) is 0.461. The van der Waals surface area contributed by atoms with Crippen LogP contribution in [0.3, 0.4) is 0 Å². The first kappa shape index (κ1) is 21.9. The molecule has 8 atom stereocenters. The number of aromatic carboxylic acids is 1. The van der Waals surface area contributed by atoms with Crippen LogP contribution in [0.1, 0.15) is 50.1 Å². The predicted octanol–water partition coefficient (Wildman–Crippen LogP) is 1.08. The number of carboxylic acid groups (broad SMARTS) is 1. The third kappa shape index (κ3) is 5.23.